The summed E-state index contributed by atoms with van der Waals surface area (Å²) in [6.07, 6.45) is 0.00189. The lowest BCUT2D eigenvalue weighted by atomic mass is 10.1. The van der Waals surface area contributed by atoms with Gasteiger partial charge >= 0.3 is 6.36 Å². The summed E-state index contributed by atoms with van der Waals surface area (Å²) in [7, 11) is 1.73. The van der Waals surface area contributed by atoms with Crippen LogP contribution in [0.15, 0.2) is 78.0 Å². The molecule has 0 saturated carbocycles. The molecule has 0 aliphatic heterocycles. The van der Waals surface area contributed by atoms with Gasteiger partial charge in [-0.25, -0.2) is 4.39 Å². The molecule has 0 bridgehead atoms. The molecule has 2 aromatic carbocycles. The molecule has 2 heterocycles. The van der Waals surface area contributed by atoms with E-state index < -0.39 is 23.5 Å². The normalized spacial score (nSPS) is 11.4. The molecule has 164 valence electrons. The van der Waals surface area contributed by atoms with Crippen molar-refractivity contribution in [1.29, 1.82) is 0 Å². The van der Waals surface area contributed by atoms with Gasteiger partial charge in [0.05, 0.1) is 17.6 Å². The molecular formula is C22H16F4N4O2. The van der Waals surface area contributed by atoms with Gasteiger partial charge in [-0.15, -0.1) is 13.2 Å². The van der Waals surface area contributed by atoms with E-state index in [4.69, 9.17) is 0 Å². The quantitative estimate of drug-likeness (QED) is 0.439. The van der Waals surface area contributed by atoms with Gasteiger partial charge in [0.15, 0.2) is 0 Å². The predicted octanol–water partition coefficient (Wildman–Crippen LogP) is 5.02. The van der Waals surface area contributed by atoms with Crippen molar-refractivity contribution < 1.29 is 22.3 Å². The zero-order valence-electron chi connectivity index (χ0n) is 16.6. The van der Waals surface area contributed by atoms with Crippen LogP contribution in [-0.2, 0) is 7.05 Å². The fourth-order valence-corrected chi connectivity index (χ4v) is 3.14. The SMILES string of the molecule is Cn1cc(-c2cn(-c3ccc(OC(F)(F)F)cc3)c(=O)cc2Nc2ccccc2F)cn1. The summed E-state index contributed by atoms with van der Waals surface area (Å²) in [5.74, 6) is -0.895. The zero-order chi connectivity index (χ0) is 22.9. The summed E-state index contributed by atoms with van der Waals surface area (Å²) >= 11 is 0. The molecule has 1 N–H and O–H groups in total. The van der Waals surface area contributed by atoms with Crippen LogP contribution in [0.4, 0.5) is 28.9 Å². The molecule has 0 atom stereocenters. The van der Waals surface area contributed by atoms with E-state index >= 15 is 0 Å². The van der Waals surface area contributed by atoms with Crippen molar-refractivity contribution in [3.63, 3.8) is 0 Å². The molecule has 0 spiro atoms. The first-order valence-electron chi connectivity index (χ1n) is 9.33. The second-order valence-electron chi connectivity index (χ2n) is 6.86. The standard InChI is InChI=1S/C22H16F4N4O2/c1-29-12-14(11-27-29)17-13-30(15-6-8-16(9-7-15)32-22(24,25)26)21(31)10-20(17)28-19-5-3-2-4-18(19)23/h2-13,28H,1H3. The third kappa shape index (κ3) is 4.64. The second-order valence-corrected chi connectivity index (χ2v) is 6.86. The maximum Gasteiger partial charge on any atom is 0.573 e. The minimum absolute atomic E-state index is 0.184. The highest BCUT2D eigenvalue weighted by atomic mass is 19.4. The van der Waals surface area contributed by atoms with E-state index in [-0.39, 0.29) is 5.69 Å². The van der Waals surface area contributed by atoms with Crippen LogP contribution in [0.2, 0.25) is 0 Å². The molecule has 0 amide bonds. The Bertz CT molecular complexity index is 1310. The number of pyridine rings is 1. The lowest BCUT2D eigenvalue weighted by Crippen LogP contribution is -2.19. The number of nitrogens with zero attached hydrogens (tertiary/aromatic N) is 3. The van der Waals surface area contributed by atoms with E-state index in [9.17, 15) is 22.4 Å². The summed E-state index contributed by atoms with van der Waals surface area (Å²) < 4.78 is 58.1. The molecule has 0 unspecified atom stereocenters. The molecule has 6 nitrogen and oxygen atoms in total. The van der Waals surface area contributed by atoms with E-state index in [1.165, 1.54) is 41.1 Å². The highest BCUT2D eigenvalue weighted by Crippen LogP contribution is 2.31. The van der Waals surface area contributed by atoms with E-state index in [0.29, 0.717) is 22.5 Å². The number of para-hydroxylation sites is 1. The Morgan fingerprint density at radius 1 is 1.00 bits per heavy atom. The molecule has 32 heavy (non-hydrogen) atoms. The van der Waals surface area contributed by atoms with Gasteiger partial charge in [0.1, 0.15) is 11.6 Å². The first-order valence-corrected chi connectivity index (χ1v) is 9.33. The highest BCUT2D eigenvalue weighted by molar-refractivity contribution is 5.80. The lowest BCUT2D eigenvalue weighted by molar-refractivity contribution is -0.274. The molecule has 0 saturated heterocycles. The van der Waals surface area contributed by atoms with Crippen molar-refractivity contribution in [1.82, 2.24) is 14.3 Å². The van der Waals surface area contributed by atoms with Gasteiger partial charge in [-0.05, 0) is 36.4 Å². The summed E-state index contributed by atoms with van der Waals surface area (Å²) in [4.78, 5) is 12.8. The summed E-state index contributed by atoms with van der Waals surface area (Å²) in [5.41, 5.74) is 1.58. The van der Waals surface area contributed by atoms with Crippen molar-refractivity contribution >= 4 is 11.4 Å². The summed E-state index contributed by atoms with van der Waals surface area (Å²) in [6.45, 7) is 0. The van der Waals surface area contributed by atoms with Crippen LogP contribution in [0.5, 0.6) is 5.75 Å². The number of alkyl halides is 3. The number of halogens is 4. The van der Waals surface area contributed by atoms with Crippen LogP contribution in [-0.4, -0.2) is 20.7 Å². The summed E-state index contributed by atoms with van der Waals surface area (Å²) in [5, 5.41) is 7.07. The molecular weight excluding hydrogens is 428 g/mol. The number of hydrogen-bond donors (Lipinski definition) is 1. The van der Waals surface area contributed by atoms with Crippen LogP contribution in [0, 0.1) is 5.82 Å². The Morgan fingerprint density at radius 3 is 2.34 bits per heavy atom. The maximum atomic E-state index is 14.2. The van der Waals surface area contributed by atoms with Crippen molar-refractivity contribution in [3.05, 3.63) is 89.4 Å². The van der Waals surface area contributed by atoms with E-state index in [0.717, 1.165) is 12.1 Å². The summed E-state index contributed by atoms with van der Waals surface area (Å²) in [6, 6.07) is 12.2. The number of ether oxygens (including phenoxy) is 1. The van der Waals surface area contributed by atoms with Crippen molar-refractivity contribution in [2.75, 3.05) is 5.32 Å². The first-order chi connectivity index (χ1) is 15.2. The van der Waals surface area contributed by atoms with Gasteiger partial charge in [-0.3, -0.25) is 14.0 Å². The third-order valence-electron chi connectivity index (χ3n) is 4.56. The molecule has 10 heteroatoms. The van der Waals surface area contributed by atoms with Crippen LogP contribution in [0.1, 0.15) is 0 Å². The van der Waals surface area contributed by atoms with Gasteiger partial charge in [0, 0.05) is 42.3 Å². The van der Waals surface area contributed by atoms with Crippen LogP contribution < -0.4 is 15.6 Å². The Morgan fingerprint density at radius 2 is 1.72 bits per heavy atom. The number of hydrogen-bond acceptors (Lipinski definition) is 4. The zero-order valence-corrected chi connectivity index (χ0v) is 16.6. The molecule has 0 radical (unpaired) electrons. The predicted molar refractivity (Wildman–Crippen MR) is 111 cm³/mol. The fourth-order valence-electron chi connectivity index (χ4n) is 3.14. The third-order valence-corrected chi connectivity index (χ3v) is 4.56. The number of aromatic nitrogens is 3. The number of anilines is 2. The first kappa shape index (κ1) is 21.2. The van der Waals surface area contributed by atoms with Crippen LogP contribution in [0.25, 0.3) is 16.8 Å². The molecule has 0 aliphatic rings. The maximum absolute atomic E-state index is 14.2. The molecule has 4 aromatic rings. The Balaban J connectivity index is 1.78. The number of nitrogens with one attached hydrogen (secondary N) is 1. The van der Waals surface area contributed by atoms with E-state index in [1.807, 2.05) is 0 Å². The smallest absolute Gasteiger partial charge is 0.406 e. The fraction of sp³-hybridized carbons (Fsp3) is 0.0909. The van der Waals surface area contributed by atoms with Gasteiger partial charge in [-0.1, -0.05) is 12.1 Å². The van der Waals surface area contributed by atoms with Crippen molar-refractivity contribution in [2.45, 2.75) is 6.36 Å². The van der Waals surface area contributed by atoms with E-state index in [1.54, 1.807) is 36.3 Å². The van der Waals surface area contributed by atoms with Gasteiger partial charge < -0.3 is 10.1 Å². The van der Waals surface area contributed by atoms with Crippen LogP contribution >= 0.6 is 0 Å². The average molecular weight is 444 g/mol. The Kier molecular flexibility index (Phi) is 5.43. The molecule has 4 rings (SSSR count). The minimum Gasteiger partial charge on any atom is -0.406 e. The van der Waals surface area contributed by atoms with Crippen molar-refractivity contribution in [2.24, 2.45) is 7.05 Å². The van der Waals surface area contributed by atoms with Gasteiger partial charge in [0.25, 0.3) is 5.56 Å². The lowest BCUT2D eigenvalue weighted by Gasteiger charge is -2.15. The topological polar surface area (TPSA) is 61.1 Å². The molecule has 0 fully saturated rings. The largest absolute Gasteiger partial charge is 0.573 e. The number of benzene rings is 2. The van der Waals surface area contributed by atoms with Gasteiger partial charge in [-0.2, -0.15) is 5.10 Å². The van der Waals surface area contributed by atoms with Crippen LogP contribution in [0.3, 0.4) is 0 Å². The molecule has 2 aromatic heterocycles. The average Bonchev–Trinajstić information content (AvgIpc) is 3.15. The number of aryl methyl sites for hydroxylation is 1. The minimum atomic E-state index is -4.81. The van der Waals surface area contributed by atoms with E-state index in [2.05, 4.69) is 15.2 Å². The number of rotatable bonds is 5. The Labute approximate surface area is 179 Å². The Hall–Kier alpha value is -4.08. The van der Waals surface area contributed by atoms with Crippen molar-refractivity contribution in [3.8, 4) is 22.6 Å². The highest BCUT2D eigenvalue weighted by Gasteiger charge is 2.31. The second kappa shape index (κ2) is 8.22. The molecule has 0 aliphatic carbocycles. The van der Waals surface area contributed by atoms with Gasteiger partial charge in [0.2, 0.25) is 0 Å². The monoisotopic (exact) mass is 444 g/mol.